The molecule has 0 amide bonds. The van der Waals surface area contributed by atoms with E-state index in [4.69, 9.17) is 4.52 Å². The lowest BCUT2D eigenvalue weighted by atomic mass is 10.1. The molecule has 2 N–H and O–H groups in total. The number of para-hydroxylation sites is 2. The van der Waals surface area contributed by atoms with Gasteiger partial charge in [-0.05, 0) is 24.3 Å². The van der Waals surface area contributed by atoms with Gasteiger partial charge in [-0.25, -0.2) is 0 Å². The lowest BCUT2D eigenvalue weighted by Gasteiger charge is -1.99. The molecule has 3 aromatic rings. The van der Waals surface area contributed by atoms with Crippen LogP contribution in [-0.4, -0.2) is 15.4 Å². The highest BCUT2D eigenvalue weighted by molar-refractivity contribution is 5.95. The van der Waals surface area contributed by atoms with E-state index < -0.39 is 0 Å². The fourth-order valence-electron chi connectivity index (χ4n) is 1.82. The van der Waals surface area contributed by atoms with Gasteiger partial charge in [0.15, 0.2) is 5.75 Å². The first kappa shape index (κ1) is 9.72. The van der Waals surface area contributed by atoms with Crippen molar-refractivity contribution in [3.05, 3.63) is 42.5 Å². The highest BCUT2D eigenvalue weighted by Gasteiger charge is 2.15. The average Bonchev–Trinajstić information content (AvgIpc) is 2.75. The first-order valence-electron chi connectivity index (χ1n) is 5.13. The maximum absolute atomic E-state index is 9.77. The largest absolute Gasteiger partial charge is 0.507 e. The van der Waals surface area contributed by atoms with Crippen LogP contribution in [0.25, 0.3) is 22.2 Å². The second kappa shape index (κ2) is 3.52. The maximum Gasteiger partial charge on any atom is 0.209 e. The minimum Gasteiger partial charge on any atom is -0.507 e. The van der Waals surface area contributed by atoms with E-state index in [1.165, 1.54) is 6.07 Å². The summed E-state index contributed by atoms with van der Waals surface area (Å²) in [5, 5.41) is 23.9. The second-order valence-electron chi connectivity index (χ2n) is 3.70. The quantitative estimate of drug-likeness (QED) is 0.670. The number of benzene rings is 2. The molecule has 0 aliphatic carbocycles. The molecule has 0 atom stereocenters. The third-order valence-corrected chi connectivity index (χ3v) is 2.64. The number of hydrogen-bond acceptors (Lipinski definition) is 4. The summed E-state index contributed by atoms with van der Waals surface area (Å²) < 4.78 is 5.08. The van der Waals surface area contributed by atoms with Gasteiger partial charge in [0.25, 0.3) is 0 Å². The number of aromatic hydroxyl groups is 2. The van der Waals surface area contributed by atoms with Crippen molar-refractivity contribution in [2.45, 2.75) is 0 Å². The lowest BCUT2D eigenvalue weighted by molar-refractivity contribution is 0.423. The normalized spacial score (nSPS) is 10.8. The standard InChI is InChI=1S/C13H9NO3/c15-10-6-2-1-4-8(10)12-9-5-3-7-11(16)13(9)17-14-12/h1-7,15-16H. The van der Waals surface area contributed by atoms with Crippen LogP contribution in [0.5, 0.6) is 11.5 Å². The number of nitrogens with zero attached hydrogens (tertiary/aromatic N) is 1. The second-order valence-corrected chi connectivity index (χ2v) is 3.70. The van der Waals surface area contributed by atoms with Crippen LogP contribution in [0.1, 0.15) is 0 Å². The van der Waals surface area contributed by atoms with Gasteiger partial charge in [0.2, 0.25) is 5.58 Å². The molecule has 4 nitrogen and oxygen atoms in total. The Morgan fingerprint density at radius 3 is 2.47 bits per heavy atom. The molecule has 0 aliphatic rings. The van der Waals surface area contributed by atoms with Crippen LogP contribution in [0, 0.1) is 0 Å². The van der Waals surface area contributed by atoms with Gasteiger partial charge >= 0.3 is 0 Å². The average molecular weight is 227 g/mol. The van der Waals surface area contributed by atoms with Crippen LogP contribution in [-0.2, 0) is 0 Å². The van der Waals surface area contributed by atoms with E-state index in [0.29, 0.717) is 22.2 Å². The monoisotopic (exact) mass is 227 g/mol. The van der Waals surface area contributed by atoms with E-state index in [-0.39, 0.29) is 11.5 Å². The molecule has 0 saturated heterocycles. The van der Waals surface area contributed by atoms with Crippen molar-refractivity contribution in [2.75, 3.05) is 0 Å². The molecule has 2 aromatic carbocycles. The predicted octanol–water partition coefficient (Wildman–Crippen LogP) is 2.91. The van der Waals surface area contributed by atoms with E-state index in [0.717, 1.165) is 0 Å². The third-order valence-electron chi connectivity index (χ3n) is 2.64. The molecule has 4 heteroatoms. The maximum atomic E-state index is 9.77. The molecular formula is C13H9NO3. The van der Waals surface area contributed by atoms with E-state index in [2.05, 4.69) is 5.16 Å². The summed E-state index contributed by atoms with van der Waals surface area (Å²) >= 11 is 0. The fraction of sp³-hybridized carbons (Fsp3) is 0. The summed E-state index contributed by atoms with van der Waals surface area (Å²) in [5.41, 5.74) is 1.43. The van der Waals surface area contributed by atoms with Gasteiger partial charge in [-0.2, -0.15) is 0 Å². The molecule has 17 heavy (non-hydrogen) atoms. The Hall–Kier alpha value is -2.49. The Morgan fingerprint density at radius 2 is 1.65 bits per heavy atom. The Morgan fingerprint density at radius 1 is 0.882 bits per heavy atom. The molecule has 1 heterocycles. The van der Waals surface area contributed by atoms with Crippen LogP contribution >= 0.6 is 0 Å². The highest BCUT2D eigenvalue weighted by Crippen LogP contribution is 2.36. The van der Waals surface area contributed by atoms with E-state index in [9.17, 15) is 10.2 Å². The summed E-state index contributed by atoms with van der Waals surface area (Å²) in [4.78, 5) is 0. The fourth-order valence-corrected chi connectivity index (χ4v) is 1.82. The van der Waals surface area contributed by atoms with Gasteiger partial charge in [-0.15, -0.1) is 0 Å². The predicted molar refractivity (Wildman–Crippen MR) is 62.8 cm³/mol. The molecule has 0 radical (unpaired) electrons. The zero-order chi connectivity index (χ0) is 11.8. The number of rotatable bonds is 1. The summed E-state index contributed by atoms with van der Waals surface area (Å²) in [5.74, 6) is 0.169. The molecule has 0 spiro atoms. The molecule has 0 bridgehead atoms. The first-order chi connectivity index (χ1) is 8.27. The molecule has 0 unspecified atom stereocenters. The van der Waals surface area contributed by atoms with Crippen molar-refractivity contribution in [1.82, 2.24) is 5.16 Å². The molecule has 3 rings (SSSR count). The van der Waals surface area contributed by atoms with E-state index >= 15 is 0 Å². The smallest absolute Gasteiger partial charge is 0.209 e. The van der Waals surface area contributed by atoms with Crippen molar-refractivity contribution in [3.8, 4) is 22.8 Å². The van der Waals surface area contributed by atoms with Gasteiger partial charge in [-0.3, -0.25) is 0 Å². The highest BCUT2D eigenvalue weighted by atomic mass is 16.5. The Bertz CT molecular complexity index is 688. The zero-order valence-corrected chi connectivity index (χ0v) is 8.79. The Kier molecular flexibility index (Phi) is 2.01. The summed E-state index contributed by atoms with van der Waals surface area (Å²) in [6.07, 6.45) is 0. The van der Waals surface area contributed by atoms with Crippen LogP contribution in [0.2, 0.25) is 0 Å². The van der Waals surface area contributed by atoms with Crippen molar-refractivity contribution >= 4 is 11.0 Å². The van der Waals surface area contributed by atoms with Gasteiger partial charge in [0.1, 0.15) is 11.4 Å². The van der Waals surface area contributed by atoms with Crippen LogP contribution in [0.15, 0.2) is 47.0 Å². The molecule has 84 valence electrons. The summed E-state index contributed by atoms with van der Waals surface area (Å²) in [6, 6.07) is 11.9. The lowest BCUT2D eigenvalue weighted by Crippen LogP contribution is -1.79. The number of fused-ring (bicyclic) bond motifs is 1. The number of aromatic nitrogens is 1. The van der Waals surface area contributed by atoms with Crippen LogP contribution in [0.4, 0.5) is 0 Å². The first-order valence-corrected chi connectivity index (χ1v) is 5.13. The van der Waals surface area contributed by atoms with Gasteiger partial charge in [0, 0.05) is 5.56 Å². The van der Waals surface area contributed by atoms with Gasteiger partial charge < -0.3 is 14.7 Å². The minimum absolute atomic E-state index is 0.0386. The van der Waals surface area contributed by atoms with Gasteiger partial charge in [-0.1, -0.05) is 23.4 Å². The van der Waals surface area contributed by atoms with Gasteiger partial charge in [0.05, 0.1) is 5.39 Å². The molecule has 0 aliphatic heterocycles. The van der Waals surface area contributed by atoms with Crippen molar-refractivity contribution in [1.29, 1.82) is 0 Å². The number of phenols is 2. The molecule has 0 saturated carbocycles. The molecular weight excluding hydrogens is 218 g/mol. The van der Waals surface area contributed by atoms with Crippen molar-refractivity contribution in [2.24, 2.45) is 0 Å². The SMILES string of the molecule is Oc1ccccc1-c1noc2c(O)cccc12. The molecule has 0 fully saturated rings. The topological polar surface area (TPSA) is 66.5 Å². The number of phenolic OH excluding ortho intramolecular Hbond substituents is 2. The summed E-state index contributed by atoms with van der Waals surface area (Å²) in [7, 11) is 0. The molecule has 1 aromatic heterocycles. The third kappa shape index (κ3) is 1.42. The van der Waals surface area contributed by atoms with E-state index in [1.807, 2.05) is 0 Å². The van der Waals surface area contributed by atoms with Crippen molar-refractivity contribution in [3.63, 3.8) is 0 Å². The zero-order valence-electron chi connectivity index (χ0n) is 8.79. The summed E-state index contributed by atoms with van der Waals surface area (Å²) in [6.45, 7) is 0. The van der Waals surface area contributed by atoms with Crippen LogP contribution < -0.4 is 0 Å². The minimum atomic E-state index is 0.0386. The van der Waals surface area contributed by atoms with Crippen LogP contribution in [0.3, 0.4) is 0 Å². The number of hydrogen-bond donors (Lipinski definition) is 2. The van der Waals surface area contributed by atoms with Crippen molar-refractivity contribution < 1.29 is 14.7 Å². The Labute approximate surface area is 96.7 Å². The Balaban J connectivity index is 2.33. The van der Waals surface area contributed by atoms with E-state index in [1.54, 1.807) is 36.4 Å².